The highest BCUT2D eigenvalue weighted by Crippen LogP contribution is 2.30. The predicted octanol–water partition coefficient (Wildman–Crippen LogP) is 2.40. The van der Waals surface area contributed by atoms with E-state index in [0.29, 0.717) is 18.2 Å². The smallest absolute Gasteiger partial charge is 0.124 e. The van der Waals surface area contributed by atoms with Gasteiger partial charge < -0.3 is 16.2 Å². The molecule has 90 valence electrons. The van der Waals surface area contributed by atoms with Crippen molar-refractivity contribution in [2.45, 2.75) is 26.3 Å². The van der Waals surface area contributed by atoms with Gasteiger partial charge in [0.25, 0.3) is 0 Å². The first-order chi connectivity index (χ1) is 7.60. The molecule has 1 atom stereocenters. The summed E-state index contributed by atoms with van der Waals surface area (Å²) in [5, 5.41) is 0.697. The van der Waals surface area contributed by atoms with Gasteiger partial charge in [-0.25, -0.2) is 0 Å². The van der Waals surface area contributed by atoms with Crippen molar-refractivity contribution in [2.75, 3.05) is 13.2 Å². The second kappa shape index (κ2) is 6.09. The molecule has 0 bridgehead atoms. The van der Waals surface area contributed by atoms with E-state index in [2.05, 4.69) is 6.92 Å². The van der Waals surface area contributed by atoms with Crippen molar-refractivity contribution in [2.24, 2.45) is 11.5 Å². The average molecular weight is 243 g/mol. The van der Waals surface area contributed by atoms with E-state index >= 15 is 0 Å². The van der Waals surface area contributed by atoms with Crippen molar-refractivity contribution in [3.8, 4) is 5.75 Å². The lowest BCUT2D eigenvalue weighted by molar-refractivity contribution is 0.312. The highest BCUT2D eigenvalue weighted by molar-refractivity contribution is 6.31. The lowest BCUT2D eigenvalue weighted by Gasteiger charge is -2.17. The summed E-state index contributed by atoms with van der Waals surface area (Å²) in [6.07, 6.45) is 0.957. The minimum absolute atomic E-state index is 0.232. The molecule has 0 aliphatic carbocycles. The molecule has 0 aromatic heterocycles. The Morgan fingerprint density at radius 1 is 1.44 bits per heavy atom. The molecule has 0 spiro atoms. The average Bonchev–Trinajstić information content (AvgIpc) is 2.29. The third kappa shape index (κ3) is 3.11. The second-order valence-corrected chi connectivity index (χ2v) is 4.24. The van der Waals surface area contributed by atoms with E-state index in [1.807, 2.05) is 19.1 Å². The lowest BCUT2D eigenvalue weighted by atomic mass is 10.0. The number of rotatable bonds is 5. The zero-order valence-corrected chi connectivity index (χ0v) is 10.6. The third-order valence-corrected chi connectivity index (χ3v) is 2.81. The molecule has 1 aromatic rings. The van der Waals surface area contributed by atoms with Crippen LogP contribution in [-0.2, 0) is 0 Å². The second-order valence-electron chi connectivity index (χ2n) is 3.83. The fourth-order valence-corrected chi connectivity index (χ4v) is 1.60. The topological polar surface area (TPSA) is 61.3 Å². The number of nitrogens with two attached hydrogens (primary N) is 2. The van der Waals surface area contributed by atoms with Gasteiger partial charge in [-0.3, -0.25) is 0 Å². The Balaban J connectivity index is 3.06. The molecule has 4 heteroatoms. The number of halogens is 1. The molecular formula is C12H19ClN2O. The summed E-state index contributed by atoms with van der Waals surface area (Å²) in [5.74, 6) is 0.793. The molecule has 0 aliphatic rings. The zero-order valence-electron chi connectivity index (χ0n) is 9.79. The molecule has 1 rings (SSSR count). The summed E-state index contributed by atoms with van der Waals surface area (Å²) >= 11 is 6.07. The number of ether oxygens (including phenoxy) is 1. The van der Waals surface area contributed by atoms with Crippen LogP contribution in [0.3, 0.4) is 0 Å². The molecule has 0 saturated heterocycles. The van der Waals surface area contributed by atoms with E-state index in [9.17, 15) is 0 Å². The van der Waals surface area contributed by atoms with Crippen LogP contribution in [-0.4, -0.2) is 13.2 Å². The maximum atomic E-state index is 6.07. The van der Waals surface area contributed by atoms with Gasteiger partial charge in [-0.1, -0.05) is 18.5 Å². The Morgan fingerprint density at radius 3 is 2.69 bits per heavy atom. The molecule has 0 radical (unpaired) electrons. The predicted molar refractivity (Wildman–Crippen MR) is 68.0 cm³/mol. The minimum Gasteiger partial charge on any atom is -0.493 e. The number of hydrogen-bond donors (Lipinski definition) is 2. The van der Waals surface area contributed by atoms with Crippen LogP contribution in [0.15, 0.2) is 12.1 Å². The van der Waals surface area contributed by atoms with Gasteiger partial charge in [0.05, 0.1) is 6.61 Å². The molecule has 1 aromatic carbocycles. The van der Waals surface area contributed by atoms with Gasteiger partial charge in [0.2, 0.25) is 0 Å². The highest BCUT2D eigenvalue weighted by Gasteiger charge is 2.13. The van der Waals surface area contributed by atoms with Gasteiger partial charge in [0.15, 0.2) is 0 Å². The van der Waals surface area contributed by atoms with Crippen molar-refractivity contribution < 1.29 is 4.74 Å². The molecule has 0 fully saturated rings. The van der Waals surface area contributed by atoms with Crippen LogP contribution in [0.25, 0.3) is 0 Å². The van der Waals surface area contributed by atoms with Crippen molar-refractivity contribution in [3.63, 3.8) is 0 Å². The van der Waals surface area contributed by atoms with Crippen LogP contribution in [0.2, 0.25) is 5.02 Å². The van der Waals surface area contributed by atoms with Crippen LogP contribution >= 0.6 is 11.6 Å². The Morgan fingerprint density at radius 2 is 2.12 bits per heavy atom. The van der Waals surface area contributed by atoms with Crippen molar-refractivity contribution in [3.05, 3.63) is 28.3 Å². The van der Waals surface area contributed by atoms with E-state index in [0.717, 1.165) is 23.3 Å². The van der Waals surface area contributed by atoms with Gasteiger partial charge in [-0.2, -0.15) is 0 Å². The lowest BCUT2D eigenvalue weighted by Crippen LogP contribution is -2.21. The number of aryl methyl sites for hydroxylation is 1. The van der Waals surface area contributed by atoms with Crippen molar-refractivity contribution in [1.82, 2.24) is 0 Å². The van der Waals surface area contributed by atoms with Crippen molar-refractivity contribution >= 4 is 11.6 Å². The summed E-state index contributed by atoms with van der Waals surface area (Å²) in [7, 11) is 0. The monoisotopic (exact) mass is 242 g/mol. The van der Waals surface area contributed by atoms with E-state index in [-0.39, 0.29) is 6.04 Å². The quantitative estimate of drug-likeness (QED) is 0.834. The Bertz CT molecular complexity index is 355. The van der Waals surface area contributed by atoms with E-state index in [1.165, 1.54) is 0 Å². The largest absolute Gasteiger partial charge is 0.493 e. The third-order valence-electron chi connectivity index (χ3n) is 2.41. The van der Waals surface area contributed by atoms with Crippen LogP contribution in [0.4, 0.5) is 0 Å². The van der Waals surface area contributed by atoms with Crippen LogP contribution in [0, 0.1) is 6.92 Å². The van der Waals surface area contributed by atoms with Crippen molar-refractivity contribution in [1.29, 1.82) is 0 Å². The van der Waals surface area contributed by atoms with Gasteiger partial charge >= 0.3 is 0 Å². The summed E-state index contributed by atoms with van der Waals surface area (Å²) in [5.41, 5.74) is 13.4. The standard InChI is InChI=1S/C12H19ClN2O/c1-3-4-16-12-5-8(2)10(13)6-9(12)11(15)7-14/h5-6,11H,3-4,7,14-15H2,1-2H3. The molecule has 0 aliphatic heterocycles. The maximum Gasteiger partial charge on any atom is 0.124 e. The SMILES string of the molecule is CCCOc1cc(C)c(Cl)cc1C(N)CN. The van der Waals surface area contributed by atoms with Gasteiger partial charge in [-0.15, -0.1) is 0 Å². The summed E-state index contributed by atoms with van der Waals surface area (Å²) in [6, 6.07) is 3.53. The van der Waals surface area contributed by atoms with Gasteiger partial charge in [0, 0.05) is 23.2 Å². The van der Waals surface area contributed by atoms with E-state index in [1.54, 1.807) is 0 Å². The van der Waals surface area contributed by atoms with Crippen LogP contribution in [0.1, 0.15) is 30.5 Å². The molecular weight excluding hydrogens is 224 g/mol. The molecule has 0 heterocycles. The fraction of sp³-hybridized carbons (Fsp3) is 0.500. The minimum atomic E-state index is -0.232. The Hall–Kier alpha value is -0.770. The molecule has 16 heavy (non-hydrogen) atoms. The van der Waals surface area contributed by atoms with E-state index < -0.39 is 0 Å². The zero-order chi connectivity index (χ0) is 12.1. The molecule has 1 unspecified atom stereocenters. The highest BCUT2D eigenvalue weighted by atomic mass is 35.5. The van der Waals surface area contributed by atoms with E-state index in [4.69, 9.17) is 27.8 Å². The summed E-state index contributed by atoms with van der Waals surface area (Å²) in [6.45, 7) is 5.05. The summed E-state index contributed by atoms with van der Waals surface area (Å²) in [4.78, 5) is 0. The maximum absolute atomic E-state index is 6.07. The van der Waals surface area contributed by atoms with Crippen LogP contribution < -0.4 is 16.2 Å². The van der Waals surface area contributed by atoms with Crippen LogP contribution in [0.5, 0.6) is 5.75 Å². The number of benzene rings is 1. The Kier molecular flexibility index (Phi) is 5.06. The Labute approximate surface area is 102 Å². The molecule has 4 N–H and O–H groups in total. The molecule has 0 saturated carbocycles. The van der Waals surface area contributed by atoms with Gasteiger partial charge in [-0.05, 0) is 31.0 Å². The first-order valence-corrected chi connectivity index (χ1v) is 5.86. The summed E-state index contributed by atoms with van der Waals surface area (Å²) < 4.78 is 5.65. The first kappa shape index (κ1) is 13.3. The molecule has 3 nitrogen and oxygen atoms in total. The normalized spacial score (nSPS) is 12.6. The van der Waals surface area contributed by atoms with Gasteiger partial charge in [0.1, 0.15) is 5.75 Å². The number of hydrogen-bond acceptors (Lipinski definition) is 3. The first-order valence-electron chi connectivity index (χ1n) is 5.48. The molecule has 0 amide bonds. The fourth-order valence-electron chi connectivity index (χ4n) is 1.42.